The average Bonchev–Trinajstić information content (AvgIpc) is 2.68. The number of hydrogen-bond donors (Lipinski definition) is 1. The number of allylic oxidation sites excluding steroid dienone is 2. The predicted molar refractivity (Wildman–Crippen MR) is 105 cm³/mol. The minimum absolute atomic E-state index is 0.169. The summed E-state index contributed by atoms with van der Waals surface area (Å²) in [6.07, 6.45) is -6.71. The molecule has 0 radical (unpaired) electrons. The summed E-state index contributed by atoms with van der Waals surface area (Å²) in [5.41, 5.74) is -4.77. The van der Waals surface area contributed by atoms with Gasteiger partial charge in [0, 0.05) is 19.1 Å². The summed E-state index contributed by atoms with van der Waals surface area (Å²) < 4.78 is 97.4. The third kappa shape index (κ3) is 5.47. The molecule has 10 heteroatoms. The second-order valence-corrected chi connectivity index (χ2v) is 7.46. The van der Waals surface area contributed by atoms with Crippen molar-refractivity contribution in [2.75, 3.05) is 13.9 Å². The molecule has 0 heterocycles. The molecule has 32 heavy (non-hydrogen) atoms. The average molecular weight is 468 g/mol. The Morgan fingerprint density at radius 3 is 2.31 bits per heavy atom. The summed E-state index contributed by atoms with van der Waals surface area (Å²) in [6, 6.07) is 2.63. The van der Waals surface area contributed by atoms with E-state index in [4.69, 9.17) is 4.74 Å². The van der Waals surface area contributed by atoms with Gasteiger partial charge in [-0.3, -0.25) is 0 Å². The van der Waals surface area contributed by atoms with Gasteiger partial charge in [0.05, 0.1) is 6.10 Å². The largest absolute Gasteiger partial charge is 0.486 e. The van der Waals surface area contributed by atoms with Crippen LogP contribution in [0.5, 0.6) is 5.75 Å². The number of alkyl halides is 6. The zero-order valence-electron chi connectivity index (χ0n) is 17.9. The van der Waals surface area contributed by atoms with Crippen molar-refractivity contribution >= 4 is 0 Å². The summed E-state index contributed by atoms with van der Waals surface area (Å²) >= 11 is 0. The molecule has 2 atom stereocenters. The molecule has 180 valence electrons. The Bertz CT molecular complexity index is 813. The molecule has 2 rings (SSSR count). The topological polar surface area (TPSA) is 47.9 Å². The second-order valence-electron chi connectivity index (χ2n) is 7.46. The number of aliphatic hydroxyl groups is 1. The van der Waals surface area contributed by atoms with E-state index in [2.05, 4.69) is 9.47 Å². The highest BCUT2D eigenvalue weighted by Gasteiger charge is 2.73. The van der Waals surface area contributed by atoms with Crippen LogP contribution in [-0.2, 0) is 21.5 Å². The molecule has 1 aliphatic rings. The van der Waals surface area contributed by atoms with Gasteiger partial charge in [-0.1, -0.05) is 31.6 Å². The van der Waals surface area contributed by atoms with Crippen LogP contribution in [0.1, 0.15) is 37.8 Å². The Morgan fingerprint density at radius 2 is 1.78 bits per heavy atom. The Kier molecular flexibility index (Phi) is 8.41. The molecule has 1 aromatic carbocycles. The van der Waals surface area contributed by atoms with E-state index in [-0.39, 0.29) is 17.7 Å². The van der Waals surface area contributed by atoms with Gasteiger partial charge < -0.3 is 19.3 Å². The zero-order chi connectivity index (χ0) is 24.2. The first kappa shape index (κ1) is 26.2. The lowest BCUT2D eigenvalue weighted by atomic mass is 9.89. The number of methoxy groups -OCH3 is 1. The van der Waals surface area contributed by atoms with Crippen LogP contribution < -0.4 is 4.74 Å². The van der Waals surface area contributed by atoms with E-state index in [0.29, 0.717) is 24.5 Å². The van der Waals surface area contributed by atoms with Crippen LogP contribution in [0.3, 0.4) is 0 Å². The first-order chi connectivity index (χ1) is 14.9. The smallest absolute Gasteiger partial charge is 0.430 e. The van der Waals surface area contributed by atoms with Crippen molar-refractivity contribution in [2.24, 2.45) is 0 Å². The Balaban J connectivity index is 2.50. The maximum atomic E-state index is 13.8. The minimum Gasteiger partial charge on any atom is -0.486 e. The fourth-order valence-electron chi connectivity index (χ4n) is 3.49. The van der Waals surface area contributed by atoms with Crippen molar-refractivity contribution in [3.8, 4) is 5.75 Å². The van der Waals surface area contributed by atoms with Crippen molar-refractivity contribution in [3.63, 3.8) is 0 Å². The Hall–Kier alpha value is -2.04. The van der Waals surface area contributed by atoms with Gasteiger partial charge >= 0.3 is 12.4 Å². The van der Waals surface area contributed by atoms with E-state index in [0.717, 1.165) is 19.2 Å². The van der Waals surface area contributed by atoms with E-state index in [9.17, 15) is 31.4 Å². The summed E-state index contributed by atoms with van der Waals surface area (Å²) in [4.78, 5) is 0. The number of hydrogen-bond acceptors (Lipinski definition) is 4. The molecule has 0 saturated carbocycles. The molecule has 0 amide bonds. The lowest BCUT2D eigenvalue weighted by molar-refractivity contribution is -0.400. The molecule has 1 aliphatic carbocycles. The van der Waals surface area contributed by atoms with E-state index in [1.165, 1.54) is 0 Å². The van der Waals surface area contributed by atoms with Gasteiger partial charge in [0.2, 0.25) is 0 Å². The molecule has 4 nitrogen and oxygen atoms in total. The first-order valence-electron chi connectivity index (χ1n) is 9.99. The fourth-order valence-corrected chi connectivity index (χ4v) is 3.49. The molecule has 0 bridgehead atoms. The maximum absolute atomic E-state index is 13.8. The van der Waals surface area contributed by atoms with E-state index < -0.39 is 42.5 Å². The van der Waals surface area contributed by atoms with E-state index in [1.807, 2.05) is 0 Å². The Morgan fingerprint density at radius 1 is 1.12 bits per heavy atom. The normalized spacial score (nSPS) is 18.4. The molecular formula is C22H26F6O4. The molecule has 1 aromatic rings. The summed E-state index contributed by atoms with van der Waals surface area (Å²) in [6.45, 7) is 2.13. The molecule has 0 aromatic heterocycles. The third-order valence-corrected chi connectivity index (χ3v) is 5.07. The van der Waals surface area contributed by atoms with Crippen molar-refractivity contribution in [2.45, 2.75) is 63.3 Å². The fraction of sp³-hybridized carbons (Fsp3) is 0.545. The van der Waals surface area contributed by atoms with Crippen LogP contribution >= 0.6 is 0 Å². The number of aryl methyl sites for hydroxylation is 1. The van der Waals surface area contributed by atoms with Crippen molar-refractivity contribution < 1.29 is 45.7 Å². The predicted octanol–water partition coefficient (Wildman–Crippen LogP) is 5.59. The molecule has 0 aliphatic heterocycles. The van der Waals surface area contributed by atoms with Crippen molar-refractivity contribution in [1.29, 1.82) is 0 Å². The number of ether oxygens (including phenoxy) is 3. The molecule has 0 fully saturated rings. The highest BCUT2D eigenvalue weighted by atomic mass is 19.4. The van der Waals surface area contributed by atoms with Gasteiger partial charge in [0.1, 0.15) is 18.6 Å². The molecule has 2 unspecified atom stereocenters. The first-order valence-corrected chi connectivity index (χ1v) is 9.99. The minimum atomic E-state index is -5.79. The Labute approximate surface area is 182 Å². The number of halogens is 6. The highest BCUT2D eigenvalue weighted by Crippen LogP contribution is 2.53. The van der Waals surface area contributed by atoms with Crippen LogP contribution in [0.15, 0.2) is 42.0 Å². The van der Waals surface area contributed by atoms with E-state index in [1.54, 1.807) is 32.1 Å². The SMILES string of the molecule is CCCc1cc(C(OCOC)(C(F)(F)F)C(F)(F)F)ccc1OC1C=CC=C(C(C)O)C1. The van der Waals surface area contributed by atoms with Crippen LogP contribution in [0, 0.1) is 0 Å². The molecule has 0 spiro atoms. The molecular weight excluding hydrogens is 442 g/mol. The lowest BCUT2D eigenvalue weighted by Gasteiger charge is -2.37. The van der Waals surface area contributed by atoms with Crippen molar-refractivity contribution in [1.82, 2.24) is 0 Å². The van der Waals surface area contributed by atoms with Crippen molar-refractivity contribution in [3.05, 3.63) is 53.1 Å². The highest BCUT2D eigenvalue weighted by molar-refractivity contribution is 5.42. The third-order valence-electron chi connectivity index (χ3n) is 5.07. The number of aliphatic hydroxyl groups excluding tert-OH is 1. The standard InChI is InChI=1S/C22H26F6O4/c1-4-6-16-11-17(20(21(23,24)25,22(26,27)28)31-13-30-3)9-10-19(16)32-18-8-5-7-15(12-18)14(2)29/h5,7-11,14,18,29H,4,6,12-13H2,1-3H3. The van der Waals surface area contributed by atoms with Gasteiger partial charge in [-0.05, 0) is 42.7 Å². The van der Waals surface area contributed by atoms with Crippen LogP contribution in [0.25, 0.3) is 0 Å². The second kappa shape index (κ2) is 10.3. The van der Waals surface area contributed by atoms with Crippen LogP contribution in [-0.4, -0.2) is 43.6 Å². The maximum Gasteiger partial charge on any atom is 0.430 e. The summed E-state index contributed by atoms with van der Waals surface area (Å²) in [5, 5.41) is 9.75. The van der Waals surface area contributed by atoms with Crippen LogP contribution in [0.4, 0.5) is 26.3 Å². The summed E-state index contributed by atoms with van der Waals surface area (Å²) in [7, 11) is 0.935. The van der Waals surface area contributed by atoms with Crippen LogP contribution in [0.2, 0.25) is 0 Å². The summed E-state index contributed by atoms with van der Waals surface area (Å²) in [5.74, 6) is 0.169. The number of rotatable bonds is 9. The number of benzene rings is 1. The molecule has 0 saturated heterocycles. The van der Waals surface area contributed by atoms with Gasteiger partial charge in [-0.25, -0.2) is 0 Å². The van der Waals surface area contributed by atoms with E-state index >= 15 is 0 Å². The van der Waals surface area contributed by atoms with Gasteiger partial charge in [-0.15, -0.1) is 0 Å². The van der Waals surface area contributed by atoms with Gasteiger partial charge in [0.15, 0.2) is 0 Å². The molecule has 1 N–H and O–H groups in total. The van der Waals surface area contributed by atoms with Gasteiger partial charge in [0.25, 0.3) is 5.60 Å². The monoisotopic (exact) mass is 468 g/mol. The lowest BCUT2D eigenvalue weighted by Crippen LogP contribution is -2.56. The zero-order valence-corrected chi connectivity index (χ0v) is 17.9. The van der Waals surface area contributed by atoms with Gasteiger partial charge in [-0.2, -0.15) is 26.3 Å². The quantitative estimate of drug-likeness (QED) is 0.379.